The molecule has 4 heteroatoms. The quantitative estimate of drug-likeness (QED) is 0.813. The number of furan rings is 1. The third-order valence-electron chi connectivity index (χ3n) is 2.09. The van der Waals surface area contributed by atoms with Crippen molar-refractivity contribution in [1.82, 2.24) is 4.98 Å². The highest BCUT2D eigenvalue weighted by Crippen LogP contribution is 2.23. The molecule has 76 valence electrons. The SMILES string of the molecule is Cc1ncccc1-c1ccc(C(=O)O)o1. The summed E-state index contributed by atoms with van der Waals surface area (Å²) in [5.41, 5.74) is 1.62. The molecular weight excluding hydrogens is 194 g/mol. The van der Waals surface area contributed by atoms with Crippen LogP contribution in [0.15, 0.2) is 34.9 Å². The van der Waals surface area contributed by atoms with Crippen molar-refractivity contribution in [2.75, 3.05) is 0 Å². The summed E-state index contributed by atoms with van der Waals surface area (Å²) in [4.78, 5) is 14.7. The molecule has 0 aliphatic heterocycles. The van der Waals surface area contributed by atoms with E-state index >= 15 is 0 Å². The molecular formula is C11H9NO3. The maximum Gasteiger partial charge on any atom is 0.371 e. The largest absolute Gasteiger partial charge is 0.475 e. The summed E-state index contributed by atoms with van der Waals surface area (Å²) in [6, 6.07) is 6.69. The minimum atomic E-state index is -1.07. The minimum absolute atomic E-state index is 0.0618. The molecule has 2 aromatic heterocycles. The third-order valence-corrected chi connectivity index (χ3v) is 2.09. The van der Waals surface area contributed by atoms with E-state index in [-0.39, 0.29) is 5.76 Å². The lowest BCUT2D eigenvalue weighted by Crippen LogP contribution is -1.91. The monoisotopic (exact) mass is 203 g/mol. The normalized spacial score (nSPS) is 10.2. The van der Waals surface area contributed by atoms with Crippen molar-refractivity contribution in [3.63, 3.8) is 0 Å². The molecule has 2 aromatic rings. The number of pyridine rings is 1. The van der Waals surface area contributed by atoms with Gasteiger partial charge >= 0.3 is 5.97 Å². The number of aromatic carboxylic acids is 1. The van der Waals surface area contributed by atoms with Crippen LogP contribution < -0.4 is 0 Å². The van der Waals surface area contributed by atoms with Crippen LogP contribution in [0.25, 0.3) is 11.3 Å². The molecule has 0 bridgehead atoms. The van der Waals surface area contributed by atoms with E-state index in [2.05, 4.69) is 4.98 Å². The first-order chi connectivity index (χ1) is 7.18. The van der Waals surface area contributed by atoms with Crippen molar-refractivity contribution < 1.29 is 14.3 Å². The van der Waals surface area contributed by atoms with Gasteiger partial charge in [-0.1, -0.05) is 0 Å². The van der Waals surface area contributed by atoms with Crippen LogP contribution in [-0.4, -0.2) is 16.1 Å². The summed E-state index contributed by atoms with van der Waals surface area (Å²) in [6.07, 6.45) is 1.68. The van der Waals surface area contributed by atoms with Gasteiger partial charge in [0.05, 0.1) is 0 Å². The van der Waals surface area contributed by atoms with Gasteiger partial charge in [-0.2, -0.15) is 0 Å². The van der Waals surface area contributed by atoms with Crippen molar-refractivity contribution in [3.05, 3.63) is 41.9 Å². The highest BCUT2D eigenvalue weighted by Gasteiger charge is 2.11. The molecule has 15 heavy (non-hydrogen) atoms. The van der Waals surface area contributed by atoms with Crippen LogP contribution in [0, 0.1) is 6.92 Å². The van der Waals surface area contributed by atoms with E-state index in [0.29, 0.717) is 5.76 Å². The summed E-state index contributed by atoms with van der Waals surface area (Å²) in [7, 11) is 0. The van der Waals surface area contributed by atoms with Gasteiger partial charge in [0.1, 0.15) is 5.76 Å². The molecule has 0 aliphatic carbocycles. The van der Waals surface area contributed by atoms with Crippen molar-refractivity contribution >= 4 is 5.97 Å². The van der Waals surface area contributed by atoms with Gasteiger partial charge in [-0.3, -0.25) is 4.98 Å². The Labute approximate surface area is 86.2 Å². The summed E-state index contributed by atoms with van der Waals surface area (Å²) < 4.78 is 5.17. The average molecular weight is 203 g/mol. The molecule has 0 radical (unpaired) electrons. The predicted molar refractivity (Wildman–Crippen MR) is 53.6 cm³/mol. The van der Waals surface area contributed by atoms with Gasteiger partial charge < -0.3 is 9.52 Å². The van der Waals surface area contributed by atoms with Gasteiger partial charge in [0.15, 0.2) is 0 Å². The highest BCUT2D eigenvalue weighted by molar-refractivity contribution is 5.85. The lowest BCUT2D eigenvalue weighted by atomic mass is 10.1. The number of carbonyl (C=O) groups is 1. The average Bonchev–Trinajstić information content (AvgIpc) is 2.67. The maximum atomic E-state index is 10.6. The van der Waals surface area contributed by atoms with E-state index in [4.69, 9.17) is 9.52 Å². The number of nitrogens with zero attached hydrogens (tertiary/aromatic N) is 1. The first-order valence-corrected chi connectivity index (χ1v) is 4.43. The van der Waals surface area contributed by atoms with E-state index in [1.165, 1.54) is 6.07 Å². The fourth-order valence-electron chi connectivity index (χ4n) is 1.34. The number of hydrogen-bond donors (Lipinski definition) is 1. The molecule has 2 rings (SSSR count). The number of aromatic nitrogens is 1. The molecule has 0 atom stereocenters. The second-order valence-electron chi connectivity index (χ2n) is 3.11. The number of aryl methyl sites for hydroxylation is 1. The van der Waals surface area contributed by atoms with Gasteiger partial charge in [0.2, 0.25) is 5.76 Å². The van der Waals surface area contributed by atoms with Crippen molar-refractivity contribution in [1.29, 1.82) is 0 Å². The van der Waals surface area contributed by atoms with Crippen LogP contribution >= 0.6 is 0 Å². The second kappa shape index (κ2) is 3.57. The van der Waals surface area contributed by atoms with Gasteiger partial charge in [0.25, 0.3) is 0 Å². The fourth-order valence-corrected chi connectivity index (χ4v) is 1.34. The van der Waals surface area contributed by atoms with Crippen LogP contribution in [0.5, 0.6) is 0 Å². The fraction of sp³-hybridized carbons (Fsp3) is 0.0909. The third kappa shape index (κ3) is 1.74. The van der Waals surface area contributed by atoms with E-state index in [1.807, 2.05) is 13.0 Å². The molecule has 0 saturated carbocycles. The zero-order chi connectivity index (χ0) is 10.8. The van der Waals surface area contributed by atoms with Crippen molar-refractivity contribution in [2.45, 2.75) is 6.92 Å². The predicted octanol–water partition coefficient (Wildman–Crippen LogP) is 2.35. The summed E-state index contributed by atoms with van der Waals surface area (Å²) >= 11 is 0. The van der Waals surface area contributed by atoms with Gasteiger partial charge in [-0.25, -0.2) is 4.79 Å². The molecule has 0 spiro atoms. The Bertz CT molecular complexity index is 502. The number of carboxylic acids is 1. The Morgan fingerprint density at radius 1 is 1.40 bits per heavy atom. The zero-order valence-corrected chi connectivity index (χ0v) is 8.10. The lowest BCUT2D eigenvalue weighted by molar-refractivity contribution is 0.0663. The Hall–Kier alpha value is -2.10. The molecule has 4 nitrogen and oxygen atoms in total. The highest BCUT2D eigenvalue weighted by atomic mass is 16.4. The minimum Gasteiger partial charge on any atom is -0.475 e. The Morgan fingerprint density at radius 3 is 2.80 bits per heavy atom. The second-order valence-corrected chi connectivity index (χ2v) is 3.11. The van der Waals surface area contributed by atoms with Gasteiger partial charge in [-0.15, -0.1) is 0 Å². The molecule has 0 aromatic carbocycles. The first-order valence-electron chi connectivity index (χ1n) is 4.43. The van der Waals surface area contributed by atoms with Crippen LogP contribution in [0.3, 0.4) is 0 Å². The number of rotatable bonds is 2. The first kappa shape index (κ1) is 9.45. The molecule has 0 amide bonds. The van der Waals surface area contributed by atoms with Crippen LogP contribution in [0.1, 0.15) is 16.2 Å². The Balaban J connectivity index is 2.46. The Kier molecular flexibility index (Phi) is 2.25. The molecule has 0 fully saturated rings. The van der Waals surface area contributed by atoms with Crippen LogP contribution in [0.2, 0.25) is 0 Å². The topological polar surface area (TPSA) is 63.3 Å². The number of carboxylic acid groups (broad SMARTS) is 1. The summed E-state index contributed by atoms with van der Waals surface area (Å²) in [5, 5.41) is 8.70. The molecule has 0 unspecified atom stereocenters. The van der Waals surface area contributed by atoms with Gasteiger partial charge in [0, 0.05) is 17.5 Å². The molecule has 0 aliphatic rings. The summed E-state index contributed by atoms with van der Waals surface area (Å²) in [5.74, 6) is -0.603. The van der Waals surface area contributed by atoms with Gasteiger partial charge in [-0.05, 0) is 31.2 Å². The molecule has 2 heterocycles. The number of hydrogen-bond acceptors (Lipinski definition) is 3. The van der Waals surface area contributed by atoms with E-state index in [9.17, 15) is 4.79 Å². The van der Waals surface area contributed by atoms with Crippen molar-refractivity contribution in [3.8, 4) is 11.3 Å². The molecule has 0 saturated heterocycles. The molecule has 1 N–H and O–H groups in total. The summed E-state index contributed by atoms with van der Waals surface area (Å²) in [6.45, 7) is 1.85. The lowest BCUT2D eigenvalue weighted by Gasteiger charge is -1.99. The van der Waals surface area contributed by atoms with E-state index < -0.39 is 5.97 Å². The van der Waals surface area contributed by atoms with E-state index in [1.54, 1.807) is 18.3 Å². The standard InChI is InChI=1S/C11H9NO3/c1-7-8(3-2-6-12-7)9-4-5-10(15-9)11(13)14/h2-6H,1H3,(H,13,14). The zero-order valence-electron chi connectivity index (χ0n) is 8.10. The van der Waals surface area contributed by atoms with Crippen molar-refractivity contribution in [2.24, 2.45) is 0 Å². The smallest absolute Gasteiger partial charge is 0.371 e. The Morgan fingerprint density at radius 2 is 2.20 bits per heavy atom. The van der Waals surface area contributed by atoms with Crippen LogP contribution in [-0.2, 0) is 0 Å². The van der Waals surface area contributed by atoms with Crippen LogP contribution in [0.4, 0.5) is 0 Å². The maximum absolute atomic E-state index is 10.6. The van der Waals surface area contributed by atoms with E-state index in [0.717, 1.165) is 11.3 Å².